The van der Waals surface area contributed by atoms with Crippen LogP contribution in [0.15, 0.2) is 0 Å². The number of rotatable bonds is 7. The van der Waals surface area contributed by atoms with Gasteiger partial charge in [-0.15, -0.1) is 0 Å². The molecule has 0 radical (unpaired) electrons. The Morgan fingerprint density at radius 2 is 1.81 bits per heavy atom. The van der Waals surface area contributed by atoms with Crippen LogP contribution in [0.4, 0.5) is 0 Å². The first kappa shape index (κ1) is 13.9. The third-order valence-corrected chi connectivity index (χ3v) is 3.08. The van der Waals surface area contributed by atoms with E-state index in [1.807, 2.05) is 6.92 Å². The van der Waals surface area contributed by atoms with Gasteiger partial charge in [0.15, 0.2) is 5.79 Å². The summed E-state index contributed by atoms with van der Waals surface area (Å²) in [5.74, 6) is -0.475. The summed E-state index contributed by atoms with van der Waals surface area (Å²) in [5.41, 5.74) is -0.719. The van der Waals surface area contributed by atoms with Gasteiger partial charge in [-0.2, -0.15) is 0 Å². The van der Waals surface area contributed by atoms with Crippen LogP contribution in [0.1, 0.15) is 13.3 Å². The van der Waals surface area contributed by atoms with E-state index in [0.717, 1.165) is 0 Å². The summed E-state index contributed by atoms with van der Waals surface area (Å²) in [4.78, 5) is 2.11. The van der Waals surface area contributed by atoms with Crippen molar-refractivity contribution in [2.24, 2.45) is 0 Å². The summed E-state index contributed by atoms with van der Waals surface area (Å²) in [6.45, 7) is 4.41. The number of β-amino-alcohol motifs (C(OH)–C–C–N with tert-alkyl or cyclic N) is 1. The number of methoxy groups -OCH3 is 3. The van der Waals surface area contributed by atoms with E-state index >= 15 is 0 Å². The van der Waals surface area contributed by atoms with E-state index in [0.29, 0.717) is 32.7 Å². The van der Waals surface area contributed by atoms with Crippen LogP contribution < -0.4 is 0 Å². The highest BCUT2D eigenvalue weighted by molar-refractivity contribution is 4.92. The fraction of sp³-hybridized carbons (Fsp3) is 1.00. The number of hydrogen-bond donors (Lipinski definition) is 1. The first-order valence-corrected chi connectivity index (χ1v) is 5.51. The molecule has 0 aromatic heterocycles. The van der Waals surface area contributed by atoms with Crippen molar-refractivity contribution >= 4 is 0 Å². The molecule has 1 aliphatic rings. The fourth-order valence-corrected chi connectivity index (χ4v) is 1.97. The van der Waals surface area contributed by atoms with Crippen LogP contribution in [0.5, 0.6) is 0 Å². The van der Waals surface area contributed by atoms with E-state index in [-0.39, 0.29) is 0 Å². The number of hydrogen-bond acceptors (Lipinski definition) is 5. The first-order chi connectivity index (χ1) is 7.47. The quantitative estimate of drug-likeness (QED) is 0.631. The van der Waals surface area contributed by atoms with Crippen molar-refractivity contribution in [2.45, 2.75) is 24.7 Å². The van der Waals surface area contributed by atoms with Gasteiger partial charge in [0.25, 0.3) is 0 Å². The van der Waals surface area contributed by atoms with E-state index in [2.05, 4.69) is 4.90 Å². The van der Waals surface area contributed by atoms with Crippen molar-refractivity contribution in [3.63, 3.8) is 0 Å². The molecule has 0 amide bonds. The molecule has 1 aliphatic heterocycles. The monoisotopic (exact) mass is 233 g/mol. The van der Waals surface area contributed by atoms with Crippen molar-refractivity contribution < 1.29 is 19.3 Å². The van der Waals surface area contributed by atoms with Gasteiger partial charge in [0.1, 0.15) is 0 Å². The number of ether oxygens (including phenoxy) is 3. The molecule has 0 aliphatic carbocycles. The van der Waals surface area contributed by atoms with E-state index < -0.39 is 11.4 Å². The van der Waals surface area contributed by atoms with Crippen LogP contribution in [-0.4, -0.2) is 69.0 Å². The van der Waals surface area contributed by atoms with Gasteiger partial charge in [0.05, 0.1) is 18.7 Å². The fourth-order valence-electron chi connectivity index (χ4n) is 1.97. The maximum absolute atomic E-state index is 10.1. The predicted octanol–water partition coefficient (Wildman–Crippen LogP) is 0.0786. The Labute approximate surface area is 97.3 Å². The molecule has 1 heterocycles. The van der Waals surface area contributed by atoms with Crippen LogP contribution in [0.2, 0.25) is 0 Å². The first-order valence-electron chi connectivity index (χ1n) is 5.51. The Morgan fingerprint density at radius 3 is 2.25 bits per heavy atom. The molecular weight excluding hydrogens is 210 g/mol. The standard InChI is InChI=1S/C11H23NO4/c1-10(13,5-6-14-2)7-12-8-11(9-12,15-3)16-4/h13H,5-9H2,1-4H3. The van der Waals surface area contributed by atoms with Gasteiger partial charge in [0, 0.05) is 40.9 Å². The average Bonchev–Trinajstić information content (AvgIpc) is 2.20. The number of aliphatic hydroxyl groups is 1. The van der Waals surface area contributed by atoms with Gasteiger partial charge in [-0.25, -0.2) is 0 Å². The molecule has 0 bridgehead atoms. The molecule has 5 nitrogen and oxygen atoms in total. The average molecular weight is 233 g/mol. The minimum Gasteiger partial charge on any atom is -0.389 e. The molecule has 16 heavy (non-hydrogen) atoms. The lowest BCUT2D eigenvalue weighted by atomic mass is 9.98. The van der Waals surface area contributed by atoms with E-state index in [4.69, 9.17) is 14.2 Å². The van der Waals surface area contributed by atoms with Gasteiger partial charge in [-0.1, -0.05) is 0 Å². The van der Waals surface area contributed by atoms with Crippen LogP contribution >= 0.6 is 0 Å². The Balaban J connectivity index is 2.30. The molecule has 0 spiro atoms. The normalized spacial score (nSPS) is 23.8. The molecule has 1 unspecified atom stereocenters. The summed E-state index contributed by atoms with van der Waals surface area (Å²) in [6, 6.07) is 0. The highest BCUT2D eigenvalue weighted by Gasteiger charge is 2.45. The molecule has 0 aromatic carbocycles. The van der Waals surface area contributed by atoms with Gasteiger partial charge in [-0.3, -0.25) is 4.90 Å². The largest absolute Gasteiger partial charge is 0.389 e. The maximum Gasteiger partial charge on any atom is 0.193 e. The van der Waals surface area contributed by atoms with Crippen LogP contribution in [0.3, 0.4) is 0 Å². The Morgan fingerprint density at radius 1 is 1.25 bits per heavy atom. The van der Waals surface area contributed by atoms with Crippen molar-refractivity contribution in [3.8, 4) is 0 Å². The molecule has 0 aromatic rings. The zero-order valence-electron chi connectivity index (χ0n) is 10.7. The Hall–Kier alpha value is -0.200. The second-order valence-electron chi connectivity index (χ2n) is 4.70. The van der Waals surface area contributed by atoms with E-state index in [1.54, 1.807) is 21.3 Å². The van der Waals surface area contributed by atoms with Crippen molar-refractivity contribution in [2.75, 3.05) is 47.6 Å². The summed E-state index contributed by atoms with van der Waals surface area (Å²) in [7, 11) is 4.92. The second kappa shape index (κ2) is 5.42. The summed E-state index contributed by atoms with van der Waals surface area (Å²) >= 11 is 0. The van der Waals surface area contributed by atoms with Gasteiger partial charge >= 0.3 is 0 Å². The minimum atomic E-state index is -0.719. The zero-order valence-corrected chi connectivity index (χ0v) is 10.7. The van der Waals surface area contributed by atoms with Gasteiger partial charge < -0.3 is 19.3 Å². The zero-order chi connectivity index (χ0) is 12.2. The third kappa shape index (κ3) is 3.40. The topological polar surface area (TPSA) is 51.2 Å². The predicted molar refractivity (Wildman–Crippen MR) is 60.3 cm³/mol. The Bertz CT molecular complexity index is 208. The molecule has 1 atom stereocenters. The van der Waals surface area contributed by atoms with E-state index in [1.165, 1.54) is 0 Å². The van der Waals surface area contributed by atoms with E-state index in [9.17, 15) is 5.11 Å². The third-order valence-electron chi connectivity index (χ3n) is 3.08. The molecule has 1 fully saturated rings. The second-order valence-corrected chi connectivity index (χ2v) is 4.70. The van der Waals surface area contributed by atoms with Gasteiger partial charge in [0.2, 0.25) is 0 Å². The lowest BCUT2D eigenvalue weighted by Crippen LogP contribution is -2.66. The van der Waals surface area contributed by atoms with Crippen LogP contribution in [0, 0.1) is 0 Å². The molecule has 1 rings (SSSR count). The lowest BCUT2D eigenvalue weighted by molar-refractivity contribution is -0.280. The van der Waals surface area contributed by atoms with Crippen molar-refractivity contribution in [1.82, 2.24) is 4.90 Å². The lowest BCUT2D eigenvalue weighted by Gasteiger charge is -2.49. The summed E-state index contributed by atoms with van der Waals surface area (Å²) in [6.07, 6.45) is 0.632. The number of nitrogens with zero attached hydrogens (tertiary/aromatic N) is 1. The highest BCUT2D eigenvalue weighted by atomic mass is 16.7. The van der Waals surface area contributed by atoms with Crippen LogP contribution in [-0.2, 0) is 14.2 Å². The summed E-state index contributed by atoms with van der Waals surface area (Å²) in [5, 5.41) is 10.1. The van der Waals surface area contributed by atoms with Crippen molar-refractivity contribution in [1.29, 1.82) is 0 Å². The van der Waals surface area contributed by atoms with Crippen LogP contribution in [0.25, 0.3) is 0 Å². The maximum atomic E-state index is 10.1. The highest BCUT2D eigenvalue weighted by Crippen LogP contribution is 2.27. The Kier molecular flexibility index (Phi) is 4.70. The minimum absolute atomic E-state index is 0.475. The molecule has 0 saturated carbocycles. The molecule has 1 N–H and O–H groups in total. The number of likely N-dealkylation sites (tertiary alicyclic amines) is 1. The molecule has 96 valence electrons. The SMILES string of the molecule is COCCC(C)(O)CN1CC(OC)(OC)C1. The van der Waals surface area contributed by atoms with Crippen molar-refractivity contribution in [3.05, 3.63) is 0 Å². The summed E-state index contributed by atoms with van der Waals surface area (Å²) < 4.78 is 15.5. The van der Waals surface area contributed by atoms with Gasteiger partial charge in [-0.05, 0) is 6.92 Å². The smallest absolute Gasteiger partial charge is 0.193 e. The molecular formula is C11H23NO4. The molecule has 5 heteroatoms. The molecule has 1 saturated heterocycles.